The molecule has 0 bridgehead atoms. The van der Waals surface area contributed by atoms with Gasteiger partial charge in [0.1, 0.15) is 0 Å². The summed E-state index contributed by atoms with van der Waals surface area (Å²) in [6.45, 7) is 2.84. The summed E-state index contributed by atoms with van der Waals surface area (Å²) in [4.78, 5) is 8.91. The number of nitrogens with zero attached hydrogens (tertiary/aromatic N) is 3. The zero-order chi connectivity index (χ0) is 18.4. The van der Waals surface area contributed by atoms with E-state index >= 15 is 0 Å². The standard InChI is InChI=1S/C21H29N5/c1-22-21(23-15-17-9-11-19(12-10-17)25(2)3)24-18-13-14-26(16-18)20-7-5-4-6-8-20/h4-12,18H,13-16H2,1-3H3,(H2,22,23,24). The first kappa shape index (κ1) is 18.1. The molecule has 2 aromatic rings. The number of guanidine groups is 1. The molecule has 1 unspecified atom stereocenters. The van der Waals surface area contributed by atoms with E-state index in [-0.39, 0.29) is 0 Å². The molecule has 0 spiro atoms. The van der Waals surface area contributed by atoms with Crippen LogP contribution < -0.4 is 20.4 Å². The summed E-state index contributed by atoms with van der Waals surface area (Å²) in [5, 5.41) is 6.98. The van der Waals surface area contributed by atoms with E-state index in [2.05, 4.69) is 94.1 Å². The van der Waals surface area contributed by atoms with Crippen LogP contribution in [0.1, 0.15) is 12.0 Å². The van der Waals surface area contributed by atoms with E-state index in [1.54, 1.807) is 0 Å². The lowest BCUT2D eigenvalue weighted by Crippen LogP contribution is -2.44. The van der Waals surface area contributed by atoms with E-state index in [9.17, 15) is 0 Å². The fourth-order valence-electron chi connectivity index (χ4n) is 3.24. The maximum absolute atomic E-state index is 4.38. The number of benzene rings is 2. The lowest BCUT2D eigenvalue weighted by molar-refractivity contribution is 0.648. The Hall–Kier alpha value is -2.69. The molecule has 5 heteroatoms. The van der Waals surface area contributed by atoms with Crippen LogP contribution in [0.3, 0.4) is 0 Å². The Kier molecular flexibility index (Phi) is 6.00. The summed E-state index contributed by atoms with van der Waals surface area (Å²) in [5.74, 6) is 0.863. The molecule has 1 heterocycles. The van der Waals surface area contributed by atoms with Gasteiger partial charge in [-0.3, -0.25) is 4.99 Å². The molecular weight excluding hydrogens is 322 g/mol. The van der Waals surface area contributed by atoms with E-state index in [1.807, 2.05) is 7.05 Å². The number of anilines is 2. The largest absolute Gasteiger partial charge is 0.378 e. The maximum Gasteiger partial charge on any atom is 0.191 e. The molecule has 1 saturated heterocycles. The van der Waals surface area contributed by atoms with Crippen LogP contribution in [0.2, 0.25) is 0 Å². The van der Waals surface area contributed by atoms with Crippen molar-refractivity contribution >= 4 is 17.3 Å². The summed E-state index contributed by atoms with van der Waals surface area (Å²) < 4.78 is 0. The van der Waals surface area contributed by atoms with Crippen molar-refractivity contribution < 1.29 is 0 Å². The molecule has 2 N–H and O–H groups in total. The Labute approximate surface area is 156 Å². The molecule has 1 atom stereocenters. The maximum atomic E-state index is 4.38. The number of hydrogen-bond donors (Lipinski definition) is 2. The van der Waals surface area contributed by atoms with Gasteiger partial charge in [0, 0.05) is 58.2 Å². The molecule has 1 aliphatic rings. The molecule has 0 saturated carbocycles. The number of para-hydroxylation sites is 1. The van der Waals surface area contributed by atoms with Crippen LogP contribution in [0, 0.1) is 0 Å². The second kappa shape index (κ2) is 8.61. The molecule has 5 nitrogen and oxygen atoms in total. The second-order valence-electron chi connectivity index (χ2n) is 6.90. The monoisotopic (exact) mass is 351 g/mol. The van der Waals surface area contributed by atoms with Gasteiger partial charge in [-0.15, -0.1) is 0 Å². The molecule has 0 radical (unpaired) electrons. The smallest absolute Gasteiger partial charge is 0.191 e. The van der Waals surface area contributed by atoms with Crippen molar-refractivity contribution in [2.24, 2.45) is 4.99 Å². The predicted molar refractivity (Wildman–Crippen MR) is 111 cm³/mol. The Morgan fingerprint density at radius 2 is 1.85 bits per heavy atom. The molecule has 1 aliphatic heterocycles. The molecule has 138 valence electrons. The van der Waals surface area contributed by atoms with Crippen LogP contribution in [-0.2, 0) is 6.54 Å². The van der Waals surface area contributed by atoms with Crippen LogP contribution in [0.4, 0.5) is 11.4 Å². The molecule has 1 fully saturated rings. The fraction of sp³-hybridized carbons (Fsp3) is 0.381. The van der Waals surface area contributed by atoms with Crippen LogP contribution in [0.5, 0.6) is 0 Å². The first-order valence-corrected chi connectivity index (χ1v) is 9.19. The quantitative estimate of drug-likeness (QED) is 0.642. The molecular formula is C21H29N5. The van der Waals surface area contributed by atoms with Crippen molar-refractivity contribution in [2.75, 3.05) is 44.0 Å². The third-order valence-corrected chi connectivity index (χ3v) is 4.79. The van der Waals surface area contributed by atoms with E-state index in [4.69, 9.17) is 0 Å². The Bertz CT molecular complexity index is 709. The minimum absolute atomic E-state index is 0.414. The van der Waals surface area contributed by atoms with E-state index in [0.29, 0.717) is 6.04 Å². The predicted octanol–water partition coefficient (Wildman–Crippen LogP) is 2.70. The van der Waals surface area contributed by atoms with E-state index in [1.165, 1.54) is 16.9 Å². The molecule has 0 aliphatic carbocycles. The number of nitrogens with one attached hydrogen (secondary N) is 2. The normalized spacial score (nSPS) is 17.3. The summed E-state index contributed by atoms with van der Waals surface area (Å²) in [6, 6.07) is 19.6. The highest BCUT2D eigenvalue weighted by molar-refractivity contribution is 5.80. The van der Waals surface area contributed by atoms with Gasteiger partial charge in [-0.2, -0.15) is 0 Å². The summed E-state index contributed by atoms with van der Waals surface area (Å²) in [7, 11) is 5.94. The summed E-state index contributed by atoms with van der Waals surface area (Å²) in [5.41, 5.74) is 3.75. The summed E-state index contributed by atoms with van der Waals surface area (Å²) >= 11 is 0. The van der Waals surface area contributed by atoms with Crippen molar-refractivity contribution in [2.45, 2.75) is 19.0 Å². The van der Waals surface area contributed by atoms with Crippen LogP contribution >= 0.6 is 0 Å². The van der Waals surface area contributed by atoms with Gasteiger partial charge >= 0.3 is 0 Å². The van der Waals surface area contributed by atoms with Crippen LogP contribution in [0.25, 0.3) is 0 Å². The van der Waals surface area contributed by atoms with Crippen LogP contribution in [0.15, 0.2) is 59.6 Å². The molecule has 0 amide bonds. The third-order valence-electron chi connectivity index (χ3n) is 4.79. The molecule has 2 aromatic carbocycles. The van der Waals surface area contributed by atoms with Gasteiger partial charge in [-0.1, -0.05) is 30.3 Å². The van der Waals surface area contributed by atoms with Gasteiger partial charge < -0.3 is 20.4 Å². The first-order valence-electron chi connectivity index (χ1n) is 9.19. The Morgan fingerprint density at radius 3 is 2.50 bits per heavy atom. The molecule has 3 rings (SSSR count). The average molecular weight is 351 g/mol. The topological polar surface area (TPSA) is 42.9 Å². The third kappa shape index (κ3) is 4.69. The van der Waals surface area contributed by atoms with Crippen molar-refractivity contribution in [1.82, 2.24) is 10.6 Å². The van der Waals surface area contributed by atoms with Crippen LogP contribution in [-0.4, -0.2) is 46.2 Å². The highest BCUT2D eigenvalue weighted by Crippen LogP contribution is 2.19. The van der Waals surface area contributed by atoms with Crippen molar-refractivity contribution in [3.8, 4) is 0 Å². The highest BCUT2D eigenvalue weighted by atomic mass is 15.2. The number of aliphatic imine (C=N–C) groups is 1. The lowest BCUT2D eigenvalue weighted by Gasteiger charge is -2.20. The first-order chi connectivity index (χ1) is 12.7. The highest BCUT2D eigenvalue weighted by Gasteiger charge is 2.23. The van der Waals surface area contributed by atoms with E-state index in [0.717, 1.165) is 32.0 Å². The van der Waals surface area contributed by atoms with Gasteiger partial charge in [0.25, 0.3) is 0 Å². The molecule has 0 aromatic heterocycles. The zero-order valence-corrected chi connectivity index (χ0v) is 15.9. The number of rotatable bonds is 5. The van der Waals surface area contributed by atoms with Crippen molar-refractivity contribution in [1.29, 1.82) is 0 Å². The average Bonchev–Trinajstić information content (AvgIpc) is 3.14. The van der Waals surface area contributed by atoms with Gasteiger partial charge in [0.2, 0.25) is 0 Å². The Morgan fingerprint density at radius 1 is 1.12 bits per heavy atom. The van der Waals surface area contributed by atoms with E-state index < -0.39 is 0 Å². The minimum atomic E-state index is 0.414. The van der Waals surface area contributed by atoms with Gasteiger partial charge in [0.05, 0.1) is 0 Å². The van der Waals surface area contributed by atoms with Crippen molar-refractivity contribution in [3.63, 3.8) is 0 Å². The zero-order valence-electron chi connectivity index (χ0n) is 15.9. The van der Waals surface area contributed by atoms with Gasteiger partial charge in [-0.05, 0) is 36.2 Å². The fourth-order valence-corrected chi connectivity index (χ4v) is 3.24. The van der Waals surface area contributed by atoms with Crippen molar-refractivity contribution in [3.05, 3.63) is 60.2 Å². The minimum Gasteiger partial charge on any atom is -0.378 e. The SMILES string of the molecule is CN=C(NCc1ccc(N(C)C)cc1)NC1CCN(c2ccccc2)C1. The lowest BCUT2D eigenvalue weighted by atomic mass is 10.2. The summed E-state index contributed by atoms with van der Waals surface area (Å²) in [6.07, 6.45) is 1.12. The molecule has 26 heavy (non-hydrogen) atoms. The Balaban J connectivity index is 1.49. The second-order valence-corrected chi connectivity index (χ2v) is 6.90. The van der Waals surface area contributed by atoms with Gasteiger partial charge in [-0.25, -0.2) is 0 Å². The number of hydrogen-bond acceptors (Lipinski definition) is 3. The van der Waals surface area contributed by atoms with Gasteiger partial charge in [0.15, 0.2) is 5.96 Å².